The fraction of sp³-hybridized carbons (Fsp3) is 0.516. The maximum Gasteiger partial charge on any atom is 0.336 e. The van der Waals surface area contributed by atoms with Crippen LogP contribution in [0.1, 0.15) is 42.4 Å². The second kappa shape index (κ2) is 15.8. The summed E-state index contributed by atoms with van der Waals surface area (Å²) in [6.07, 6.45) is -0.891. The van der Waals surface area contributed by atoms with E-state index >= 15 is 0 Å². The Labute approximate surface area is 256 Å². The highest BCUT2D eigenvalue weighted by molar-refractivity contribution is 5.88. The Hall–Kier alpha value is -3.75. The summed E-state index contributed by atoms with van der Waals surface area (Å²) in [6, 6.07) is 14.3. The molecule has 0 spiro atoms. The molecular weight excluding hydrogens is 576 g/mol. The van der Waals surface area contributed by atoms with Gasteiger partial charge < -0.3 is 39.7 Å². The van der Waals surface area contributed by atoms with E-state index in [0.717, 1.165) is 69.5 Å². The third-order valence-corrected chi connectivity index (χ3v) is 7.83. The van der Waals surface area contributed by atoms with Crippen LogP contribution in [-0.4, -0.2) is 112 Å². The van der Waals surface area contributed by atoms with Gasteiger partial charge in [-0.15, -0.1) is 0 Å². The first-order valence-corrected chi connectivity index (χ1v) is 14.3. The van der Waals surface area contributed by atoms with Crippen molar-refractivity contribution >= 4 is 17.9 Å². The first kappa shape index (κ1) is 34.7. The summed E-state index contributed by atoms with van der Waals surface area (Å²) in [5, 5.41) is 45.1. The summed E-state index contributed by atoms with van der Waals surface area (Å²) in [6.45, 7) is 6.96. The van der Waals surface area contributed by atoms with E-state index in [1.165, 1.54) is 11.1 Å². The highest BCUT2D eigenvalue weighted by Gasteiger charge is 2.41. The third kappa shape index (κ3) is 9.63. The minimum absolute atomic E-state index is 0.699. The lowest BCUT2D eigenvalue weighted by Gasteiger charge is -2.39. The van der Waals surface area contributed by atoms with Crippen LogP contribution < -0.4 is 9.47 Å². The average Bonchev–Trinajstić information content (AvgIpc) is 2.98. The molecule has 2 heterocycles. The van der Waals surface area contributed by atoms with Gasteiger partial charge in [0.15, 0.2) is 5.60 Å². The number of rotatable bonds is 12. The number of aliphatic hydroxyl groups is 2. The van der Waals surface area contributed by atoms with E-state index in [0.29, 0.717) is 12.8 Å². The van der Waals surface area contributed by atoms with Gasteiger partial charge in [-0.25, -0.2) is 4.79 Å². The van der Waals surface area contributed by atoms with Crippen molar-refractivity contribution in [3.05, 3.63) is 59.2 Å². The molecule has 0 amide bonds. The second-order valence-electron chi connectivity index (χ2n) is 11.0. The molecule has 2 aliphatic heterocycles. The molecule has 0 unspecified atom stereocenters. The predicted octanol–water partition coefficient (Wildman–Crippen LogP) is 1.77. The molecule has 242 valence electrons. The number of likely N-dealkylation sites (tertiary alicyclic amines) is 1. The van der Waals surface area contributed by atoms with Crippen LogP contribution in [0.5, 0.6) is 11.5 Å². The van der Waals surface area contributed by atoms with E-state index in [1.807, 2.05) is 24.3 Å². The molecule has 0 radical (unpaired) electrons. The summed E-state index contributed by atoms with van der Waals surface area (Å²) >= 11 is 0. The number of carboxylic acids is 3. The Bertz CT molecular complexity index is 1260. The number of hydrogen-bond acceptors (Lipinski definition) is 10. The molecule has 2 fully saturated rings. The molecule has 13 heteroatoms. The van der Waals surface area contributed by atoms with Gasteiger partial charge in [0.1, 0.15) is 11.5 Å². The normalized spacial score (nSPS) is 17.2. The van der Waals surface area contributed by atoms with Crippen LogP contribution in [-0.2, 0) is 37.8 Å². The van der Waals surface area contributed by atoms with Gasteiger partial charge in [0.2, 0.25) is 0 Å². The van der Waals surface area contributed by atoms with Crippen molar-refractivity contribution < 1.29 is 54.1 Å². The van der Waals surface area contributed by atoms with E-state index in [2.05, 4.69) is 28.0 Å². The van der Waals surface area contributed by atoms with Crippen LogP contribution >= 0.6 is 0 Å². The highest BCUT2D eigenvalue weighted by Crippen LogP contribution is 2.38. The predicted molar refractivity (Wildman–Crippen MR) is 158 cm³/mol. The molecule has 2 aromatic rings. The van der Waals surface area contributed by atoms with Crippen LogP contribution in [0.25, 0.3) is 0 Å². The molecule has 4 rings (SSSR count). The topological polar surface area (TPSA) is 187 Å². The average molecular weight is 619 g/mol. The first-order valence-electron chi connectivity index (χ1n) is 14.3. The second-order valence-corrected chi connectivity index (χ2v) is 11.0. The van der Waals surface area contributed by atoms with E-state index in [4.69, 9.17) is 34.6 Å². The number of benzene rings is 2. The van der Waals surface area contributed by atoms with Crippen molar-refractivity contribution in [1.82, 2.24) is 9.80 Å². The number of ether oxygens (including phenoxy) is 3. The van der Waals surface area contributed by atoms with E-state index in [9.17, 15) is 19.5 Å². The molecule has 13 nitrogen and oxygen atoms in total. The van der Waals surface area contributed by atoms with Gasteiger partial charge in [-0.2, -0.15) is 0 Å². The molecule has 2 saturated heterocycles. The van der Waals surface area contributed by atoms with Crippen molar-refractivity contribution in [3.8, 4) is 11.5 Å². The summed E-state index contributed by atoms with van der Waals surface area (Å²) in [5.74, 6) is -3.31. The summed E-state index contributed by atoms with van der Waals surface area (Å²) in [7, 11) is 3.40. The first-order chi connectivity index (χ1) is 20.9. The molecule has 44 heavy (non-hydrogen) atoms. The molecule has 0 aliphatic carbocycles. The lowest BCUT2D eigenvalue weighted by Crippen LogP contribution is -2.42. The number of carboxylic acid groups (broad SMARTS) is 3. The number of carbonyl (C=O) groups is 3. The quantitative estimate of drug-likeness (QED) is 0.232. The van der Waals surface area contributed by atoms with Gasteiger partial charge in [0.25, 0.3) is 0 Å². The number of hydrogen-bond donors (Lipinski definition) is 5. The molecule has 0 bridgehead atoms. The fourth-order valence-electron chi connectivity index (χ4n) is 5.41. The van der Waals surface area contributed by atoms with Gasteiger partial charge in [-0.3, -0.25) is 19.4 Å². The third-order valence-electron chi connectivity index (χ3n) is 7.83. The largest absolute Gasteiger partial charge is 0.496 e. The SMILES string of the molecule is COc1ccc(CN2CCC(O)(c3ccccc3OC)CC2)cc1CN1CCOCC1.O=C(O)CC(O)(CC(=O)O)C(=O)O. The molecule has 2 aromatic carbocycles. The molecule has 0 aromatic heterocycles. The molecule has 0 atom stereocenters. The Morgan fingerprint density at radius 3 is 1.95 bits per heavy atom. The van der Waals surface area contributed by atoms with Crippen molar-refractivity contribution in [2.45, 2.75) is 50.0 Å². The van der Waals surface area contributed by atoms with Crippen molar-refractivity contribution in [3.63, 3.8) is 0 Å². The standard InChI is InChI=1S/C25H34N2O4.C6H8O7/c1-29-23-8-7-20(17-21(23)19-27-13-15-31-16-14-27)18-26-11-9-25(28,10-12-26)22-5-3-4-6-24(22)30-2;7-3(8)1-6(13,5(11)12)2-4(9)10/h3-8,17,28H,9-16,18-19H2,1-2H3;13H,1-2H2,(H,7,8)(H,9,10)(H,11,12). The number of para-hydroxylation sites is 1. The zero-order valence-electron chi connectivity index (χ0n) is 25.1. The van der Waals surface area contributed by atoms with E-state index < -0.39 is 42.0 Å². The van der Waals surface area contributed by atoms with Crippen LogP contribution in [0.15, 0.2) is 42.5 Å². The smallest absolute Gasteiger partial charge is 0.336 e. The zero-order chi connectivity index (χ0) is 32.3. The van der Waals surface area contributed by atoms with Crippen LogP contribution in [0.3, 0.4) is 0 Å². The van der Waals surface area contributed by atoms with Gasteiger partial charge in [0, 0.05) is 50.4 Å². The highest BCUT2D eigenvalue weighted by atomic mass is 16.5. The zero-order valence-corrected chi connectivity index (χ0v) is 25.1. The number of methoxy groups -OCH3 is 2. The summed E-state index contributed by atoms with van der Waals surface area (Å²) in [5.41, 5.74) is -0.159. The van der Waals surface area contributed by atoms with Gasteiger partial charge in [-0.1, -0.05) is 24.3 Å². The summed E-state index contributed by atoms with van der Waals surface area (Å²) < 4.78 is 16.6. The Balaban J connectivity index is 0.000000345. The number of morpholine rings is 1. The molecular formula is C31H42N2O11. The lowest BCUT2D eigenvalue weighted by atomic mass is 9.83. The van der Waals surface area contributed by atoms with Crippen molar-refractivity contribution in [1.29, 1.82) is 0 Å². The maximum atomic E-state index is 11.3. The maximum absolute atomic E-state index is 11.3. The Morgan fingerprint density at radius 2 is 1.41 bits per heavy atom. The van der Waals surface area contributed by atoms with Gasteiger partial charge in [0.05, 0.1) is 45.9 Å². The minimum atomic E-state index is -2.74. The monoisotopic (exact) mass is 618 g/mol. The van der Waals surface area contributed by atoms with Crippen molar-refractivity contribution in [2.75, 3.05) is 53.6 Å². The Kier molecular flexibility index (Phi) is 12.5. The summed E-state index contributed by atoms with van der Waals surface area (Å²) in [4.78, 5) is 35.3. The number of aliphatic carboxylic acids is 3. The Morgan fingerprint density at radius 1 is 0.841 bits per heavy atom. The van der Waals surface area contributed by atoms with Crippen molar-refractivity contribution in [2.24, 2.45) is 0 Å². The van der Waals surface area contributed by atoms with E-state index in [-0.39, 0.29) is 0 Å². The van der Waals surface area contributed by atoms with Gasteiger partial charge in [-0.05, 0) is 36.6 Å². The fourth-order valence-corrected chi connectivity index (χ4v) is 5.41. The van der Waals surface area contributed by atoms with Crippen LogP contribution in [0, 0.1) is 0 Å². The molecule has 2 aliphatic rings. The lowest BCUT2D eigenvalue weighted by molar-refractivity contribution is -0.170. The van der Waals surface area contributed by atoms with Crippen LogP contribution in [0.4, 0.5) is 0 Å². The van der Waals surface area contributed by atoms with E-state index in [1.54, 1.807) is 14.2 Å². The minimum Gasteiger partial charge on any atom is -0.496 e. The van der Waals surface area contributed by atoms with Gasteiger partial charge >= 0.3 is 17.9 Å². The van der Waals surface area contributed by atoms with Crippen LogP contribution in [0.2, 0.25) is 0 Å². The molecule has 5 N–H and O–H groups in total. The molecule has 0 saturated carbocycles. The number of piperidine rings is 1. The number of nitrogens with zero attached hydrogens (tertiary/aromatic N) is 2.